The van der Waals surface area contributed by atoms with Gasteiger partial charge in [-0.15, -0.1) is 6.42 Å². The molecule has 1 fully saturated rings. The first-order chi connectivity index (χ1) is 8.79. The van der Waals surface area contributed by atoms with Crippen LogP contribution in [0.15, 0.2) is 22.7 Å². The van der Waals surface area contributed by atoms with E-state index in [4.69, 9.17) is 11.2 Å². The summed E-state index contributed by atoms with van der Waals surface area (Å²) < 4.78 is 6.62. The zero-order chi connectivity index (χ0) is 12.8. The van der Waals surface area contributed by atoms with E-state index in [1.165, 1.54) is 17.9 Å². The number of nitrogens with one attached hydrogen (secondary N) is 1. The Kier molecular flexibility index (Phi) is 5.43. The zero-order valence-electron chi connectivity index (χ0n) is 10.1. The Morgan fingerprint density at radius 3 is 3.17 bits per heavy atom. The molecule has 2 rings (SSSR count). The minimum absolute atomic E-state index is 0.313. The second kappa shape index (κ2) is 7.08. The summed E-state index contributed by atoms with van der Waals surface area (Å²) in [4.78, 5) is 0. The molecule has 1 aromatic carbocycles. The predicted molar refractivity (Wildman–Crippen MR) is 81.0 cm³/mol. The Labute approximate surface area is 121 Å². The molecule has 0 spiro atoms. The fourth-order valence-corrected chi connectivity index (χ4v) is 3.49. The number of terminal acetylenes is 1. The third-order valence-electron chi connectivity index (χ3n) is 2.84. The van der Waals surface area contributed by atoms with E-state index in [0.717, 1.165) is 22.3 Å². The maximum atomic E-state index is 5.55. The van der Waals surface area contributed by atoms with Crippen LogP contribution in [0.2, 0.25) is 0 Å². The van der Waals surface area contributed by atoms with Crippen LogP contribution >= 0.6 is 27.7 Å². The molecule has 1 aliphatic heterocycles. The third kappa shape index (κ3) is 3.94. The Morgan fingerprint density at radius 2 is 2.44 bits per heavy atom. The molecule has 1 atom stereocenters. The van der Waals surface area contributed by atoms with Crippen molar-refractivity contribution in [2.45, 2.75) is 19.0 Å². The fourth-order valence-electron chi connectivity index (χ4n) is 1.90. The van der Waals surface area contributed by atoms with Crippen LogP contribution in [0.1, 0.15) is 12.0 Å². The van der Waals surface area contributed by atoms with Crippen LogP contribution in [0, 0.1) is 12.3 Å². The van der Waals surface area contributed by atoms with Crippen LogP contribution in [-0.2, 0) is 6.54 Å². The summed E-state index contributed by atoms with van der Waals surface area (Å²) in [6, 6.07) is 6.64. The SMILES string of the molecule is C#CCOc1ccc(Br)cc1CNC1CCSC1. The van der Waals surface area contributed by atoms with E-state index < -0.39 is 0 Å². The highest BCUT2D eigenvalue weighted by molar-refractivity contribution is 9.10. The molecule has 1 aromatic rings. The van der Waals surface area contributed by atoms with Crippen molar-refractivity contribution in [1.29, 1.82) is 0 Å². The van der Waals surface area contributed by atoms with E-state index in [1.807, 2.05) is 23.9 Å². The van der Waals surface area contributed by atoms with E-state index in [0.29, 0.717) is 12.6 Å². The first kappa shape index (κ1) is 13.8. The van der Waals surface area contributed by atoms with Gasteiger partial charge in [-0.2, -0.15) is 11.8 Å². The van der Waals surface area contributed by atoms with Crippen molar-refractivity contribution in [2.75, 3.05) is 18.1 Å². The molecular weight excluding hydrogens is 310 g/mol. The van der Waals surface area contributed by atoms with Crippen LogP contribution in [0.25, 0.3) is 0 Å². The second-order valence-electron chi connectivity index (χ2n) is 4.19. The van der Waals surface area contributed by atoms with Gasteiger partial charge in [0.25, 0.3) is 0 Å². The average Bonchev–Trinajstić information content (AvgIpc) is 2.88. The number of thioether (sulfide) groups is 1. The van der Waals surface area contributed by atoms with Crippen LogP contribution in [-0.4, -0.2) is 24.2 Å². The molecule has 96 valence electrons. The van der Waals surface area contributed by atoms with Gasteiger partial charge in [-0.3, -0.25) is 0 Å². The maximum absolute atomic E-state index is 5.55. The molecule has 1 aliphatic rings. The highest BCUT2D eigenvalue weighted by atomic mass is 79.9. The highest BCUT2D eigenvalue weighted by Crippen LogP contribution is 2.24. The summed E-state index contributed by atoms with van der Waals surface area (Å²) in [5.41, 5.74) is 1.15. The molecule has 4 heteroatoms. The number of halogens is 1. The standard InChI is InChI=1S/C14H16BrNOS/c1-2-6-17-14-4-3-12(15)8-11(14)9-16-13-5-7-18-10-13/h1,3-4,8,13,16H,5-7,9-10H2. The van der Waals surface area contributed by atoms with Gasteiger partial charge in [-0.05, 0) is 30.4 Å². The van der Waals surface area contributed by atoms with E-state index in [-0.39, 0.29) is 0 Å². The summed E-state index contributed by atoms with van der Waals surface area (Å²) in [6.45, 7) is 1.14. The van der Waals surface area contributed by atoms with Crippen LogP contribution in [0.3, 0.4) is 0 Å². The average molecular weight is 326 g/mol. The van der Waals surface area contributed by atoms with Crippen LogP contribution < -0.4 is 10.1 Å². The zero-order valence-corrected chi connectivity index (χ0v) is 12.5. The van der Waals surface area contributed by atoms with Crippen LogP contribution in [0.5, 0.6) is 5.75 Å². The minimum atomic E-state index is 0.313. The molecule has 1 unspecified atom stereocenters. The molecule has 18 heavy (non-hydrogen) atoms. The third-order valence-corrected chi connectivity index (χ3v) is 4.50. The Morgan fingerprint density at radius 1 is 1.56 bits per heavy atom. The highest BCUT2D eigenvalue weighted by Gasteiger charge is 2.15. The van der Waals surface area contributed by atoms with E-state index >= 15 is 0 Å². The first-order valence-electron chi connectivity index (χ1n) is 5.95. The van der Waals surface area contributed by atoms with Gasteiger partial charge in [0, 0.05) is 28.4 Å². The molecule has 0 aromatic heterocycles. The molecule has 1 N–H and O–H groups in total. The van der Waals surface area contributed by atoms with Crippen LogP contribution in [0.4, 0.5) is 0 Å². The van der Waals surface area contributed by atoms with Crippen molar-refractivity contribution >= 4 is 27.7 Å². The van der Waals surface area contributed by atoms with E-state index in [2.05, 4.69) is 33.2 Å². The van der Waals surface area contributed by atoms with Gasteiger partial charge < -0.3 is 10.1 Å². The molecular formula is C14H16BrNOS. The number of hydrogen-bond acceptors (Lipinski definition) is 3. The van der Waals surface area contributed by atoms with Crippen molar-refractivity contribution in [1.82, 2.24) is 5.32 Å². The Balaban J connectivity index is 1.99. The Hall–Kier alpha value is -0.630. The summed E-state index contributed by atoms with van der Waals surface area (Å²) in [5, 5.41) is 3.57. The number of hydrogen-bond donors (Lipinski definition) is 1. The molecule has 0 aliphatic carbocycles. The van der Waals surface area contributed by atoms with Gasteiger partial charge in [0.1, 0.15) is 12.4 Å². The summed E-state index contributed by atoms with van der Waals surface area (Å²) in [6.07, 6.45) is 6.48. The van der Waals surface area contributed by atoms with E-state index in [1.54, 1.807) is 0 Å². The van der Waals surface area contributed by atoms with Gasteiger partial charge in [0.15, 0.2) is 0 Å². The van der Waals surface area contributed by atoms with Crippen molar-refractivity contribution in [3.05, 3.63) is 28.2 Å². The first-order valence-corrected chi connectivity index (χ1v) is 7.90. The van der Waals surface area contributed by atoms with Crippen molar-refractivity contribution in [2.24, 2.45) is 0 Å². The molecule has 1 saturated heterocycles. The minimum Gasteiger partial charge on any atom is -0.481 e. The molecule has 2 nitrogen and oxygen atoms in total. The smallest absolute Gasteiger partial charge is 0.148 e. The van der Waals surface area contributed by atoms with E-state index in [9.17, 15) is 0 Å². The maximum Gasteiger partial charge on any atom is 0.148 e. The topological polar surface area (TPSA) is 21.3 Å². The molecule has 0 bridgehead atoms. The van der Waals surface area contributed by atoms with Gasteiger partial charge in [0.05, 0.1) is 0 Å². The van der Waals surface area contributed by atoms with Gasteiger partial charge in [-0.1, -0.05) is 21.9 Å². The molecule has 0 saturated carbocycles. The van der Waals surface area contributed by atoms with Gasteiger partial charge in [-0.25, -0.2) is 0 Å². The lowest BCUT2D eigenvalue weighted by atomic mass is 10.2. The lowest BCUT2D eigenvalue weighted by Gasteiger charge is -2.14. The fraction of sp³-hybridized carbons (Fsp3) is 0.429. The van der Waals surface area contributed by atoms with Gasteiger partial charge in [0.2, 0.25) is 0 Å². The Bertz CT molecular complexity index is 438. The quantitative estimate of drug-likeness (QED) is 0.841. The molecule has 0 amide bonds. The largest absolute Gasteiger partial charge is 0.481 e. The van der Waals surface area contributed by atoms with Crippen molar-refractivity contribution in [3.63, 3.8) is 0 Å². The number of benzene rings is 1. The van der Waals surface area contributed by atoms with Crippen molar-refractivity contribution < 1.29 is 4.74 Å². The summed E-state index contributed by atoms with van der Waals surface area (Å²) >= 11 is 5.50. The summed E-state index contributed by atoms with van der Waals surface area (Å²) in [7, 11) is 0. The van der Waals surface area contributed by atoms with Gasteiger partial charge >= 0.3 is 0 Å². The predicted octanol–water partition coefficient (Wildman–Crippen LogP) is 3.06. The number of ether oxygens (including phenoxy) is 1. The lowest BCUT2D eigenvalue weighted by Crippen LogP contribution is -2.28. The normalized spacial score (nSPS) is 18.6. The second-order valence-corrected chi connectivity index (χ2v) is 6.25. The number of rotatable bonds is 5. The van der Waals surface area contributed by atoms with Crippen molar-refractivity contribution in [3.8, 4) is 18.1 Å². The molecule has 0 radical (unpaired) electrons. The summed E-state index contributed by atoms with van der Waals surface area (Å²) in [5.74, 6) is 5.83. The monoisotopic (exact) mass is 325 g/mol. The molecule has 1 heterocycles. The lowest BCUT2D eigenvalue weighted by molar-refractivity contribution is 0.363.